The molecular weight excluding hydrogens is 261 g/mol. The summed E-state index contributed by atoms with van der Waals surface area (Å²) in [7, 11) is -3.89. The third kappa shape index (κ3) is 4.59. The molecule has 0 saturated heterocycles. The second kappa shape index (κ2) is 6.67. The minimum absolute atomic E-state index is 0.00102. The van der Waals surface area contributed by atoms with Crippen LogP contribution in [0.4, 0.5) is 4.39 Å². The highest BCUT2D eigenvalue weighted by Gasteiger charge is 2.12. The molecule has 0 radical (unpaired) electrons. The van der Waals surface area contributed by atoms with Gasteiger partial charge in [0.1, 0.15) is 0 Å². The first-order valence-electron chi connectivity index (χ1n) is 5.48. The van der Waals surface area contributed by atoms with Crippen LogP contribution in [0.2, 0.25) is 0 Å². The maximum atomic E-state index is 13.5. The summed E-state index contributed by atoms with van der Waals surface area (Å²) in [6, 6.07) is 3.29. The molecule has 0 aliphatic rings. The maximum Gasteiger partial charge on any atom is 0.238 e. The molecule has 1 rings (SSSR count). The van der Waals surface area contributed by atoms with Crippen LogP contribution < -0.4 is 9.88 Å². The Labute approximate surface area is 106 Å². The second-order valence-corrected chi connectivity index (χ2v) is 5.10. The van der Waals surface area contributed by atoms with Crippen LogP contribution in [0.15, 0.2) is 23.1 Å². The molecule has 0 unspecified atom stereocenters. The van der Waals surface area contributed by atoms with E-state index in [0.717, 1.165) is 6.07 Å². The molecule has 0 fully saturated rings. The molecule has 2 N–H and O–H groups in total. The van der Waals surface area contributed by atoms with E-state index in [2.05, 4.69) is 0 Å². The van der Waals surface area contributed by atoms with Gasteiger partial charge in [0.15, 0.2) is 11.6 Å². The normalized spacial score (nSPS) is 11.5. The number of rotatable bonds is 7. The lowest BCUT2D eigenvalue weighted by Gasteiger charge is -2.08. The first-order chi connectivity index (χ1) is 8.45. The lowest BCUT2D eigenvalue weighted by Crippen LogP contribution is -2.12. The zero-order valence-electron chi connectivity index (χ0n) is 10.1. The predicted octanol–water partition coefficient (Wildman–Crippen LogP) is 1.28. The van der Waals surface area contributed by atoms with E-state index < -0.39 is 15.8 Å². The Morgan fingerprint density at radius 3 is 2.61 bits per heavy atom. The van der Waals surface area contributed by atoms with E-state index >= 15 is 0 Å². The molecule has 102 valence electrons. The van der Waals surface area contributed by atoms with E-state index in [0.29, 0.717) is 26.2 Å². The quantitative estimate of drug-likeness (QED) is 0.761. The Balaban J connectivity index is 2.58. The van der Waals surface area contributed by atoms with Gasteiger partial charge in [-0.25, -0.2) is 17.9 Å². The van der Waals surface area contributed by atoms with Crippen molar-refractivity contribution in [2.45, 2.75) is 18.2 Å². The molecule has 0 amide bonds. The van der Waals surface area contributed by atoms with E-state index in [9.17, 15) is 12.8 Å². The molecule has 0 aromatic heterocycles. The van der Waals surface area contributed by atoms with Gasteiger partial charge >= 0.3 is 0 Å². The van der Waals surface area contributed by atoms with Crippen molar-refractivity contribution in [3.63, 3.8) is 0 Å². The Bertz CT molecular complexity index is 490. The van der Waals surface area contributed by atoms with Crippen molar-refractivity contribution in [1.29, 1.82) is 0 Å². The number of halogens is 1. The molecule has 1 aromatic rings. The minimum atomic E-state index is -3.89. The standard InChI is InChI=1S/C11H16FNO4S/c1-2-16-6-3-7-17-11-5-4-9(8-10(11)12)18(13,14)15/h4-5,8H,2-3,6-7H2,1H3,(H2,13,14,15). The summed E-state index contributed by atoms with van der Waals surface area (Å²) in [5.74, 6) is -0.753. The van der Waals surface area contributed by atoms with Gasteiger partial charge in [-0.2, -0.15) is 0 Å². The number of ether oxygens (including phenoxy) is 2. The van der Waals surface area contributed by atoms with Crippen molar-refractivity contribution in [2.24, 2.45) is 5.14 Å². The van der Waals surface area contributed by atoms with Crippen LogP contribution in [0.25, 0.3) is 0 Å². The van der Waals surface area contributed by atoms with Gasteiger partial charge in [-0.3, -0.25) is 0 Å². The summed E-state index contributed by atoms with van der Waals surface area (Å²) >= 11 is 0. The molecule has 0 aliphatic carbocycles. The zero-order chi connectivity index (χ0) is 13.6. The van der Waals surface area contributed by atoms with Crippen molar-refractivity contribution < 1.29 is 22.3 Å². The molecule has 1 aromatic carbocycles. The topological polar surface area (TPSA) is 78.6 Å². The number of hydrogen-bond donors (Lipinski definition) is 1. The third-order valence-electron chi connectivity index (χ3n) is 2.13. The molecule has 0 spiro atoms. The van der Waals surface area contributed by atoms with Crippen LogP contribution in [0.1, 0.15) is 13.3 Å². The Kier molecular flexibility index (Phi) is 5.52. The van der Waals surface area contributed by atoms with Crippen molar-refractivity contribution in [1.82, 2.24) is 0 Å². The van der Waals surface area contributed by atoms with E-state index in [-0.39, 0.29) is 10.6 Å². The monoisotopic (exact) mass is 277 g/mol. The average molecular weight is 277 g/mol. The van der Waals surface area contributed by atoms with Gasteiger partial charge in [0.2, 0.25) is 10.0 Å². The molecule has 0 aliphatic heterocycles. The van der Waals surface area contributed by atoms with E-state index in [1.165, 1.54) is 12.1 Å². The fraction of sp³-hybridized carbons (Fsp3) is 0.455. The SMILES string of the molecule is CCOCCCOc1ccc(S(N)(=O)=O)cc1F. The molecule has 5 nitrogen and oxygen atoms in total. The van der Waals surface area contributed by atoms with E-state index in [1.54, 1.807) is 0 Å². The van der Waals surface area contributed by atoms with Crippen LogP contribution in [0.5, 0.6) is 5.75 Å². The highest BCUT2D eigenvalue weighted by molar-refractivity contribution is 7.89. The van der Waals surface area contributed by atoms with Crippen molar-refractivity contribution >= 4 is 10.0 Å². The van der Waals surface area contributed by atoms with Crippen LogP contribution >= 0.6 is 0 Å². The summed E-state index contributed by atoms with van der Waals surface area (Å²) in [5, 5.41) is 4.88. The van der Waals surface area contributed by atoms with Gasteiger partial charge in [0.05, 0.1) is 11.5 Å². The summed E-state index contributed by atoms with van der Waals surface area (Å²) in [6.07, 6.45) is 0.629. The molecule has 18 heavy (non-hydrogen) atoms. The lowest BCUT2D eigenvalue weighted by atomic mass is 10.3. The van der Waals surface area contributed by atoms with Gasteiger partial charge in [-0.1, -0.05) is 0 Å². The van der Waals surface area contributed by atoms with E-state index in [1.807, 2.05) is 6.92 Å². The van der Waals surface area contributed by atoms with Crippen LogP contribution in [0.3, 0.4) is 0 Å². The van der Waals surface area contributed by atoms with Gasteiger partial charge in [-0.05, 0) is 25.1 Å². The summed E-state index contributed by atoms with van der Waals surface area (Å²) in [5.41, 5.74) is 0. The molecule has 0 heterocycles. The third-order valence-corrected chi connectivity index (χ3v) is 3.04. The smallest absolute Gasteiger partial charge is 0.238 e. The molecule has 0 bridgehead atoms. The van der Waals surface area contributed by atoms with Crippen molar-refractivity contribution in [3.8, 4) is 5.75 Å². The summed E-state index contributed by atoms with van der Waals surface area (Å²) in [6.45, 7) is 3.34. The highest BCUT2D eigenvalue weighted by Crippen LogP contribution is 2.20. The fourth-order valence-electron chi connectivity index (χ4n) is 1.26. The average Bonchev–Trinajstić information content (AvgIpc) is 2.29. The Morgan fingerprint density at radius 2 is 2.06 bits per heavy atom. The molecular formula is C11H16FNO4S. The first kappa shape index (κ1) is 14.9. The largest absolute Gasteiger partial charge is 0.490 e. The predicted molar refractivity (Wildman–Crippen MR) is 64.4 cm³/mol. The fourth-order valence-corrected chi connectivity index (χ4v) is 1.79. The summed E-state index contributed by atoms with van der Waals surface area (Å²) in [4.78, 5) is -0.276. The maximum absolute atomic E-state index is 13.5. The number of benzene rings is 1. The Hall–Kier alpha value is -1.18. The Morgan fingerprint density at radius 1 is 1.33 bits per heavy atom. The number of hydrogen-bond acceptors (Lipinski definition) is 4. The molecule has 0 saturated carbocycles. The van der Waals surface area contributed by atoms with Gasteiger partial charge in [0, 0.05) is 19.6 Å². The van der Waals surface area contributed by atoms with Gasteiger partial charge < -0.3 is 9.47 Å². The lowest BCUT2D eigenvalue weighted by molar-refractivity contribution is 0.130. The first-order valence-corrected chi connectivity index (χ1v) is 7.02. The molecule has 7 heteroatoms. The molecule has 0 atom stereocenters. The summed E-state index contributed by atoms with van der Waals surface area (Å²) < 4.78 is 45.7. The number of sulfonamides is 1. The van der Waals surface area contributed by atoms with Crippen LogP contribution in [0, 0.1) is 5.82 Å². The number of nitrogens with two attached hydrogens (primary N) is 1. The number of primary sulfonamides is 1. The van der Waals surface area contributed by atoms with Gasteiger partial charge in [-0.15, -0.1) is 0 Å². The zero-order valence-corrected chi connectivity index (χ0v) is 10.9. The van der Waals surface area contributed by atoms with Crippen molar-refractivity contribution in [2.75, 3.05) is 19.8 Å². The van der Waals surface area contributed by atoms with E-state index in [4.69, 9.17) is 14.6 Å². The van der Waals surface area contributed by atoms with Gasteiger partial charge in [0.25, 0.3) is 0 Å². The van der Waals surface area contributed by atoms with Crippen LogP contribution in [-0.2, 0) is 14.8 Å². The second-order valence-electron chi connectivity index (χ2n) is 3.54. The van der Waals surface area contributed by atoms with Crippen LogP contribution in [-0.4, -0.2) is 28.2 Å². The highest BCUT2D eigenvalue weighted by atomic mass is 32.2. The minimum Gasteiger partial charge on any atom is -0.490 e. The van der Waals surface area contributed by atoms with Crippen molar-refractivity contribution in [3.05, 3.63) is 24.0 Å².